The largest absolute Gasteiger partial charge is 0.356 e. The van der Waals surface area contributed by atoms with Gasteiger partial charge in [-0.05, 0) is 30.7 Å². The van der Waals surface area contributed by atoms with Crippen molar-refractivity contribution in [2.45, 2.75) is 58.4 Å². The fraction of sp³-hybridized carbons (Fsp3) is 0.591. The first kappa shape index (κ1) is 20.4. The number of guanidine groups is 1. The van der Waals surface area contributed by atoms with Gasteiger partial charge in [-0.15, -0.1) is 10.2 Å². The second kappa shape index (κ2) is 11.5. The van der Waals surface area contributed by atoms with Crippen LogP contribution in [-0.4, -0.2) is 40.4 Å². The third-order valence-electron chi connectivity index (χ3n) is 5.44. The Balaban J connectivity index is 1.50. The van der Waals surface area contributed by atoms with Gasteiger partial charge in [-0.2, -0.15) is 0 Å². The number of nitrogens with zero attached hydrogens (tertiary/aromatic N) is 4. The maximum atomic E-state index is 4.89. The Morgan fingerprint density at radius 1 is 1.11 bits per heavy atom. The van der Waals surface area contributed by atoms with Gasteiger partial charge in [0.1, 0.15) is 12.2 Å². The Labute approximate surface area is 168 Å². The van der Waals surface area contributed by atoms with Gasteiger partial charge in [0.25, 0.3) is 0 Å². The molecule has 0 saturated heterocycles. The highest BCUT2D eigenvalue weighted by Crippen LogP contribution is 2.23. The van der Waals surface area contributed by atoms with Crippen LogP contribution in [0.1, 0.15) is 50.4 Å². The van der Waals surface area contributed by atoms with Crippen molar-refractivity contribution in [1.29, 1.82) is 0 Å². The van der Waals surface area contributed by atoms with Gasteiger partial charge in [-0.25, -0.2) is 0 Å². The minimum atomic E-state index is 0.742. The molecule has 6 nitrogen and oxygen atoms in total. The summed E-state index contributed by atoms with van der Waals surface area (Å²) < 4.78 is 2.11. The molecule has 1 aromatic heterocycles. The molecular weight excluding hydrogens is 348 g/mol. The van der Waals surface area contributed by atoms with E-state index in [1.165, 1.54) is 37.7 Å². The second-order valence-electron chi connectivity index (χ2n) is 7.58. The number of aryl methyl sites for hydroxylation is 1. The molecule has 1 heterocycles. The summed E-state index contributed by atoms with van der Waals surface area (Å²) in [5.74, 6) is 2.69. The molecular formula is C22H34N6. The first-order valence-corrected chi connectivity index (χ1v) is 10.8. The fourth-order valence-corrected chi connectivity index (χ4v) is 3.77. The molecule has 0 amide bonds. The number of rotatable bonds is 9. The number of hydrogen-bond acceptors (Lipinski definition) is 3. The van der Waals surface area contributed by atoms with Crippen LogP contribution < -0.4 is 10.6 Å². The Kier molecular flexibility index (Phi) is 8.34. The molecule has 1 aliphatic rings. The van der Waals surface area contributed by atoms with Crippen LogP contribution in [0.5, 0.6) is 0 Å². The monoisotopic (exact) mass is 382 g/mol. The van der Waals surface area contributed by atoms with Crippen LogP contribution in [0, 0.1) is 5.92 Å². The minimum Gasteiger partial charge on any atom is -0.356 e. The quantitative estimate of drug-likeness (QED) is 0.516. The summed E-state index contributed by atoms with van der Waals surface area (Å²) in [5, 5.41) is 15.2. The van der Waals surface area contributed by atoms with Crippen LogP contribution in [0.15, 0.2) is 41.7 Å². The predicted octanol–water partition coefficient (Wildman–Crippen LogP) is 3.20. The molecule has 6 heteroatoms. The summed E-state index contributed by atoms with van der Waals surface area (Å²) in [4.78, 5) is 4.89. The molecule has 1 fully saturated rings. The van der Waals surface area contributed by atoms with E-state index >= 15 is 0 Å². The lowest BCUT2D eigenvalue weighted by atomic mass is 9.89. The maximum Gasteiger partial charge on any atom is 0.191 e. The van der Waals surface area contributed by atoms with E-state index in [-0.39, 0.29) is 0 Å². The van der Waals surface area contributed by atoms with Crippen molar-refractivity contribution in [3.63, 3.8) is 0 Å². The van der Waals surface area contributed by atoms with Gasteiger partial charge in [0.2, 0.25) is 0 Å². The van der Waals surface area contributed by atoms with Crippen LogP contribution in [0.2, 0.25) is 0 Å². The van der Waals surface area contributed by atoms with Crippen molar-refractivity contribution in [3.8, 4) is 0 Å². The molecule has 0 aliphatic heterocycles. The van der Waals surface area contributed by atoms with E-state index in [1.807, 2.05) is 6.33 Å². The highest BCUT2D eigenvalue weighted by molar-refractivity contribution is 5.79. The normalized spacial score (nSPS) is 15.5. The summed E-state index contributed by atoms with van der Waals surface area (Å²) in [5.41, 5.74) is 1.35. The lowest BCUT2D eigenvalue weighted by Crippen LogP contribution is -2.40. The van der Waals surface area contributed by atoms with Crippen molar-refractivity contribution < 1.29 is 0 Å². The molecule has 0 spiro atoms. The summed E-state index contributed by atoms with van der Waals surface area (Å²) >= 11 is 0. The lowest BCUT2D eigenvalue weighted by molar-refractivity contribution is 0.366. The van der Waals surface area contributed by atoms with Gasteiger partial charge in [0.15, 0.2) is 5.96 Å². The average molecular weight is 383 g/mol. The van der Waals surface area contributed by atoms with Crippen LogP contribution in [-0.2, 0) is 19.4 Å². The van der Waals surface area contributed by atoms with Gasteiger partial charge in [0, 0.05) is 32.6 Å². The van der Waals surface area contributed by atoms with Crippen molar-refractivity contribution in [3.05, 3.63) is 48.0 Å². The average Bonchev–Trinajstić information content (AvgIpc) is 3.20. The van der Waals surface area contributed by atoms with Gasteiger partial charge < -0.3 is 15.2 Å². The molecule has 1 aliphatic carbocycles. The smallest absolute Gasteiger partial charge is 0.191 e. The van der Waals surface area contributed by atoms with E-state index in [2.05, 4.69) is 62.7 Å². The summed E-state index contributed by atoms with van der Waals surface area (Å²) in [7, 11) is 0. The first-order valence-electron chi connectivity index (χ1n) is 10.8. The Bertz CT molecular complexity index is 703. The zero-order valence-corrected chi connectivity index (χ0v) is 17.1. The molecule has 0 bridgehead atoms. The Hall–Kier alpha value is -2.37. The molecule has 2 aromatic rings. The van der Waals surface area contributed by atoms with Gasteiger partial charge in [0.05, 0.1) is 0 Å². The summed E-state index contributed by atoms with van der Waals surface area (Å²) in [6, 6.07) is 10.6. The van der Waals surface area contributed by atoms with Crippen molar-refractivity contribution in [1.82, 2.24) is 25.4 Å². The number of nitrogens with one attached hydrogen (secondary N) is 2. The third kappa shape index (κ3) is 6.66. The Morgan fingerprint density at radius 3 is 2.68 bits per heavy atom. The van der Waals surface area contributed by atoms with E-state index in [1.54, 1.807) is 0 Å². The number of aliphatic imine (C=N–C) groups is 1. The number of benzene rings is 1. The first-order chi connectivity index (χ1) is 13.8. The molecule has 0 radical (unpaired) electrons. The molecule has 3 rings (SSSR count). The second-order valence-corrected chi connectivity index (χ2v) is 7.58. The maximum absolute atomic E-state index is 4.89. The minimum absolute atomic E-state index is 0.742. The summed E-state index contributed by atoms with van der Waals surface area (Å²) in [6.07, 6.45) is 10.5. The van der Waals surface area contributed by atoms with Crippen molar-refractivity contribution >= 4 is 5.96 Å². The predicted molar refractivity (Wildman–Crippen MR) is 114 cm³/mol. The zero-order valence-electron chi connectivity index (χ0n) is 17.1. The van der Waals surface area contributed by atoms with E-state index in [0.29, 0.717) is 0 Å². The van der Waals surface area contributed by atoms with Gasteiger partial charge in [-0.1, -0.05) is 56.5 Å². The van der Waals surface area contributed by atoms with Crippen molar-refractivity contribution in [2.24, 2.45) is 10.9 Å². The number of aromatic nitrogens is 3. The van der Waals surface area contributed by atoms with Crippen LogP contribution in [0.3, 0.4) is 0 Å². The van der Waals surface area contributed by atoms with E-state index in [9.17, 15) is 0 Å². The lowest BCUT2D eigenvalue weighted by Gasteiger charge is -2.20. The zero-order chi connectivity index (χ0) is 19.4. The SMILES string of the molecule is CCc1nncn1CCNC(=NCC1CCCCC1)NCCc1ccccc1. The molecule has 28 heavy (non-hydrogen) atoms. The van der Waals surface area contributed by atoms with Gasteiger partial charge in [-0.3, -0.25) is 4.99 Å². The van der Waals surface area contributed by atoms with Crippen LogP contribution in [0.25, 0.3) is 0 Å². The molecule has 2 N–H and O–H groups in total. The van der Waals surface area contributed by atoms with Crippen LogP contribution >= 0.6 is 0 Å². The molecule has 0 unspecified atom stereocenters. The highest BCUT2D eigenvalue weighted by Gasteiger charge is 2.13. The molecule has 0 atom stereocenters. The fourth-order valence-electron chi connectivity index (χ4n) is 3.77. The molecule has 1 saturated carbocycles. The van der Waals surface area contributed by atoms with Crippen LogP contribution in [0.4, 0.5) is 0 Å². The topological polar surface area (TPSA) is 67.1 Å². The highest BCUT2D eigenvalue weighted by atomic mass is 15.3. The molecule has 152 valence electrons. The third-order valence-corrected chi connectivity index (χ3v) is 5.44. The Morgan fingerprint density at radius 2 is 1.89 bits per heavy atom. The number of hydrogen-bond donors (Lipinski definition) is 2. The van der Waals surface area contributed by atoms with E-state index in [4.69, 9.17) is 4.99 Å². The van der Waals surface area contributed by atoms with Gasteiger partial charge >= 0.3 is 0 Å². The molecule has 1 aromatic carbocycles. The summed E-state index contributed by atoms with van der Waals surface area (Å²) in [6.45, 7) is 5.57. The van der Waals surface area contributed by atoms with E-state index in [0.717, 1.165) is 56.7 Å². The van der Waals surface area contributed by atoms with E-state index < -0.39 is 0 Å². The van der Waals surface area contributed by atoms with Crippen molar-refractivity contribution in [2.75, 3.05) is 19.6 Å². The standard InChI is InChI=1S/C22H34N6/c1-2-21-27-26-18-28(21)16-15-24-22(25-17-20-11-7-4-8-12-20)23-14-13-19-9-5-3-6-10-19/h3,5-6,9-10,18,20H,2,4,7-8,11-17H2,1H3,(H2,23,24,25).